The van der Waals surface area contributed by atoms with Crippen molar-refractivity contribution in [2.75, 3.05) is 11.9 Å². The molecule has 1 aromatic heterocycles. The molecule has 1 aliphatic heterocycles. The predicted molar refractivity (Wildman–Crippen MR) is 90.6 cm³/mol. The Morgan fingerprint density at radius 2 is 1.84 bits per heavy atom. The Bertz CT molecular complexity index is 820. The van der Waals surface area contributed by atoms with Crippen molar-refractivity contribution in [1.82, 2.24) is 10.9 Å². The van der Waals surface area contributed by atoms with Gasteiger partial charge in [-0.15, -0.1) is 11.3 Å². The van der Waals surface area contributed by atoms with Crippen LogP contribution in [0.2, 0.25) is 0 Å². The van der Waals surface area contributed by atoms with Crippen LogP contribution < -0.4 is 25.6 Å². The largest absolute Gasteiger partial charge is 0.485 e. The third kappa shape index (κ3) is 4.07. The maximum atomic E-state index is 12.1. The topological polar surface area (TPSA) is 106 Å². The van der Waals surface area contributed by atoms with Crippen LogP contribution in [0, 0.1) is 0 Å². The van der Waals surface area contributed by atoms with Gasteiger partial charge < -0.3 is 14.8 Å². The molecule has 3 amide bonds. The number of thiophene rings is 1. The van der Waals surface area contributed by atoms with Crippen molar-refractivity contribution >= 4 is 34.1 Å². The molecule has 9 heteroatoms. The fourth-order valence-corrected chi connectivity index (χ4v) is 2.96. The highest BCUT2D eigenvalue weighted by atomic mass is 32.1. The number of carbonyl (C=O) groups is 3. The minimum Gasteiger partial charge on any atom is -0.485 e. The molecule has 1 unspecified atom stereocenters. The van der Waals surface area contributed by atoms with Gasteiger partial charge in [-0.3, -0.25) is 25.2 Å². The highest BCUT2D eigenvalue weighted by Crippen LogP contribution is 2.30. The molecule has 2 heterocycles. The molecule has 2 aromatic rings. The van der Waals surface area contributed by atoms with E-state index in [1.165, 1.54) is 6.92 Å². The van der Waals surface area contributed by atoms with Gasteiger partial charge >= 0.3 is 0 Å². The molecule has 8 nitrogen and oxygen atoms in total. The summed E-state index contributed by atoms with van der Waals surface area (Å²) in [4.78, 5) is 35.5. The lowest BCUT2D eigenvalue weighted by Gasteiger charge is -2.25. The van der Waals surface area contributed by atoms with Crippen LogP contribution in [0.4, 0.5) is 5.00 Å². The molecule has 0 saturated heterocycles. The average Bonchev–Trinajstić information content (AvgIpc) is 3.06. The molecule has 3 N–H and O–H groups in total. The number of fused-ring (bicyclic) bond motifs is 1. The number of para-hydroxylation sites is 2. The van der Waals surface area contributed by atoms with Crippen molar-refractivity contribution in [3.63, 3.8) is 0 Å². The lowest BCUT2D eigenvalue weighted by Crippen LogP contribution is -2.50. The molecule has 1 atom stereocenters. The van der Waals surface area contributed by atoms with Crippen LogP contribution in [0.15, 0.2) is 36.4 Å². The Kier molecular flexibility index (Phi) is 4.85. The minimum atomic E-state index is -0.867. The van der Waals surface area contributed by atoms with Crippen LogP contribution in [-0.2, 0) is 9.59 Å². The Labute approximate surface area is 147 Å². The van der Waals surface area contributed by atoms with Crippen LogP contribution in [0.3, 0.4) is 0 Å². The molecule has 0 aliphatic carbocycles. The van der Waals surface area contributed by atoms with E-state index in [1.807, 2.05) is 0 Å². The highest BCUT2D eigenvalue weighted by Gasteiger charge is 2.27. The first-order valence-electron chi connectivity index (χ1n) is 7.39. The number of benzene rings is 1. The monoisotopic (exact) mass is 361 g/mol. The zero-order valence-corrected chi connectivity index (χ0v) is 14.0. The summed E-state index contributed by atoms with van der Waals surface area (Å²) in [5, 5.41) is 3.13. The molecule has 0 saturated carbocycles. The van der Waals surface area contributed by atoms with Crippen LogP contribution >= 0.6 is 11.3 Å². The number of rotatable bonds is 3. The van der Waals surface area contributed by atoms with Crippen molar-refractivity contribution in [2.45, 2.75) is 13.0 Å². The van der Waals surface area contributed by atoms with E-state index in [0.29, 0.717) is 21.4 Å². The van der Waals surface area contributed by atoms with E-state index < -0.39 is 17.9 Å². The predicted octanol–water partition coefficient (Wildman–Crippen LogP) is 1.31. The molecular formula is C16H15N3O5S. The van der Waals surface area contributed by atoms with Gasteiger partial charge in [0.05, 0.1) is 9.88 Å². The zero-order valence-electron chi connectivity index (χ0n) is 13.2. The van der Waals surface area contributed by atoms with Gasteiger partial charge in [0.2, 0.25) is 12.0 Å². The van der Waals surface area contributed by atoms with Gasteiger partial charge in [0, 0.05) is 6.92 Å². The molecule has 3 rings (SSSR count). The Hall–Kier alpha value is -3.07. The Morgan fingerprint density at radius 1 is 1.08 bits per heavy atom. The van der Waals surface area contributed by atoms with Gasteiger partial charge in [-0.05, 0) is 24.3 Å². The number of hydrogen-bond donors (Lipinski definition) is 3. The van der Waals surface area contributed by atoms with E-state index in [1.54, 1.807) is 36.4 Å². The van der Waals surface area contributed by atoms with E-state index in [9.17, 15) is 14.4 Å². The number of amides is 3. The number of carbonyl (C=O) groups excluding carboxylic acids is 3. The molecule has 25 heavy (non-hydrogen) atoms. The first kappa shape index (κ1) is 16.8. The lowest BCUT2D eigenvalue weighted by molar-refractivity contribution is -0.131. The highest BCUT2D eigenvalue weighted by molar-refractivity contribution is 7.18. The maximum Gasteiger partial charge on any atom is 0.283 e. The second kappa shape index (κ2) is 7.22. The Morgan fingerprint density at radius 3 is 2.60 bits per heavy atom. The zero-order chi connectivity index (χ0) is 17.8. The Balaban J connectivity index is 1.53. The van der Waals surface area contributed by atoms with Crippen molar-refractivity contribution < 1.29 is 23.9 Å². The molecule has 130 valence electrons. The van der Waals surface area contributed by atoms with E-state index in [4.69, 9.17) is 9.47 Å². The third-order valence-corrected chi connectivity index (χ3v) is 4.23. The third-order valence-electron chi connectivity index (χ3n) is 3.23. The summed E-state index contributed by atoms with van der Waals surface area (Å²) >= 11 is 1.10. The van der Waals surface area contributed by atoms with E-state index in [0.717, 1.165) is 11.3 Å². The summed E-state index contributed by atoms with van der Waals surface area (Å²) in [6.07, 6.45) is -0.867. The molecule has 0 spiro atoms. The quantitative estimate of drug-likeness (QED) is 0.715. The van der Waals surface area contributed by atoms with Crippen molar-refractivity contribution in [2.24, 2.45) is 0 Å². The summed E-state index contributed by atoms with van der Waals surface area (Å²) in [6.45, 7) is 1.43. The second-order valence-corrected chi connectivity index (χ2v) is 6.24. The van der Waals surface area contributed by atoms with Crippen molar-refractivity contribution in [1.29, 1.82) is 0 Å². The first-order valence-corrected chi connectivity index (χ1v) is 8.20. The summed E-state index contributed by atoms with van der Waals surface area (Å²) in [6, 6.07) is 10.2. The minimum absolute atomic E-state index is 0.0460. The number of nitrogens with one attached hydrogen (secondary N) is 3. The average molecular weight is 361 g/mol. The fraction of sp³-hybridized carbons (Fsp3) is 0.188. The summed E-state index contributed by atoms with van der Waals surface area (Å²) in [5.74, 6) is -0.205. The lowest BCUT2D eigenvalue weighted by atomic mass is 10.2. The van der Waals surface area contributed by atoms with Gasteiger partial charge in [0.15, 0.2) is 11.5 Å². The second-order valence-electron chi connectivity index (χ2n) is 5.15. The molecule has 0 bridgehead atoms. The van der Waals surface area contributed by atoms with Crippen LogP contribution in [0.5, 0.6) is 11.5 Å². The molecule has 1 aliphatic rings. The smallest absolute Gasteiger partial charge is 0.283 e. The van der Waals surface area contributed by atoms with Gasteiger partial charge in [-0.25, -0.2) is 0 Å². The van der Waals surface area contributed by atoms with Crippen LogP contribution in [-0.4, -0.2) is 30.4 Å². The normalized spacial score (nSPS) is 15.2. The summed E-state index contributed by atoms with van der Waals surface area (Å²) in [7, 11) is 0. The fourth-order valence-electron chi connectivity index (χ4n) is 2.11. The number of hydrazine groups is 1. The van der Waals surface area contributed by atoms with Gasteiger partial charge in [-0.1, -0.05) is 12.1 Å². The number of hydrogen-bond acceptors (Lipinski definition) is 6. The van der Waals surface area contributed by atoms with Crippen molar-refractivity contribution in [3.8, 4) is 11.5 Å². The molecule has 0 fully saturated rings. The molecular weight excluding hydrogens is 346 g/mol. The summed E-state index contributed by atoms with van der Waals surface area (Å²) < 4.78 is 11.0. The SMILES string of the molecule is CC(=O)Nc1ccc(C(=O)NNC(=O)C2COc3ccccc3O2)s1. The van der Waals surface area contributed by atoms with Crippen molar-refractivity contribution in [3.05, 3.63) is 41.3 Å². The number of anilines is 1. The van der Waals surface area contributed by atoms with E-state index >= 15 is 0 Å². The summed E-state index contributed by atoms with van der Waals surface area (Å²) in [5.41, 5.74) is 4.62. The standard InChI is InChI=1S/C16H15N3O5S/c1-9(20)17-14-7-6-13(25-14)16(22)19-18-15(21)12-8-23-10-4-2-3-5-11(10)24-12/h2-7,12H,8H2,1H3,(H,17,20)(H,18,21)(H,19,22). The van der Waals surface area contributed by atoms with Crippen LogP contribution in [0.1, 0.15) is 16.6 Å². The van der Waals surface area contributed by atoms with Gasteiger partial charge in [0.25, 0.3) is 11.8 Å². The van der Waals surface area contributed by atoms with E-state index in [-0.39, 0.29) is 12.5 Å². The van der Waals surface area contributed by atoms with E-state index in [2.05, 4.69) is 16.2 Å². The molecule has 1 aromatic carbocycles. The van der Waals surface area contributed by atoms with Gasteiger partial charge in [0.1, 0.15) is 6.61 Å². The maximum absolute atomic E-state index is 12.1. The number of ether oxygens (including phenoxy) is 2. The molecule has 0 radical (unpaired) electrons. The van der Waals surface area contributed by atoms with Gasteiger partial charge in [-0.2, -0.15) is 0 Å². The van der Waals surface area contributed by atoms with Crippen LogP contribution in [0.25, 0.3) is 0 Å². The first-order chi connectivity index (χ1) is 12.0.